The number of rotatable bonds is 2. The number of fused-ring (bicyclic) bond motifs is 4. The van der Waals surface area contributed by atoms with Gasteiger partial charge in [0.1, 0.15) is 11.2 Å². The highest BCUT2D eigenvalue weighted by Crippen LogP contribution is 2.36. The molecule has 0 aliphatic carbocycles. The summed E-state index contributed by atoms with van der Waals surface area (Å²) in [5, 5.41) is 4.77. The van der Waals surface area contributed by atoms with Gasteiger partial charge < -0.3 is 4.42 Å². The summed E-state index contributed by atoms with van der Waals surface area (Å²) in [6.07, 6.45) is 1.89. The Morgan fingerprint density at radius 3 is 2.30 bits per heavy atom. The summed E-state index contributed by atoms with van der Waals surface area (Å²) in [6.45, 7) is 6.76. The third kappa shape index (κ3) is 3.39. The van der Waals surface area contributed by atoms with Gasteiger partial charge in [0.05, 0.1) is 5.69 Å². The smallest absolute Gasteiger partial charge is 0.144 e. The molecule has 2 heterocycles. The molecule has 6 rings (SSSR count). The Kier molecular flexibility index (Phi) is 4.38. The molecule has 2 aromatic heterocycles. The Morgan fingerprint density at radius 2 is 1.42 bits per heavy atom. The first-order chi connectivity index (χ1) is 16.0. The van der Waals surface area contributed by atoms with Crippen LogP contribution in [0.15, 0.2) is 102 Å². The van der Waals surface area contributed by atoms with Crippen molar-refractivity contribution in [1.29, 1.82) is 0 Å². The Bertz CT molecular complexity index is 1650. The van der Waals surface area contributed by atoms with Crippen LogP contribution in [0.1, 0.15) is 26.3 Å². The fourth-order valence-electron chi connectivity index (χ4n) is 4.60. The maximum atomic E-state index is 6.24. The minimum atomic E-state index is 0.143. The molecule has 0 N–H and O–H groups in total. The van der Waals surface area contributed by atoms with Gasteiger partial charge in [-0.2, -0.15) is 0 Å². The summed E-state index contributed by atoms with van der Waals surface area (Å²) >= 11 is 0. The van der Waals surface area contributed by atoms with Gasteiger partial charge in [-0.15, -0.1) is 0 Å². The molecule has 0 amide bonds. The van der Waals surface area contributed by atoms with Crippen LogP contribution in [0.4, 0.5) is 0 Å². The largest absolute Gasteiger partial charge is 0.455 e. The van der Waals surface area contributed by atoms with E-state index < -0.39 is 0 Å². The third-order valence-corrected chi connectivity index (χ3v) is 6.48. The Hall–Kier alpha value is -3.91. The molecule has 6 aromatic rings. The second-order valence-electron chi connectivity index (χ2n) is 9.74. The number of hydrogen-bond donors (Lipinski definition) is 0. The standard InChI is InChI=1S/C31H25NO/c1-31(2,3)24-14-13-21-17-20(11-12-22(21)18-24)23-15-16-32-28(19-23)27-9-6-8-26-25-7-4-5-10-29(25)33-30(26)27/h4-19H,1-3H3. The summed E-state index contributed by atoms with van der Waals surface area (Å²) < 4.78 is 6.24. The Labute approximate surface area is 193 Å². The lowest BCUT2D eigenvalue weighted by atomic mass is 9.85. The molecule has 4 aromatic carbocycles. The van der Waals surface area contributed by atoms with Crippen molar-refractivity contribution in [3.8, 4) is 22.4 Å². The quantitative estimate of drug-likeness (QED) is 0.276. The molecule has 0 radical (unpaired) electrons. The lowest BCUT2D eigenvalue weighted by Gasteiger charge is -2.19. The van der Waals surface area contributed by atoms with Crippen LogP contribution in [0, 0.1) is 0 Å². The monoisotopic (exact) mass is 427 g/mol. The van der Waals surface area contributed by atoms with Crippen LogP contribution in [-0.2, 0) is 5.41 Å². The van der Waals surface area contributed by atoms with Crippen molar-refractivity contribution in [2.45, 2.75) is 26.2 Å². The van der Waals surface area contributed by atoms with E-state index in [9.17, 15) is 0 Å². The van der Waals surface area contributed by atoms with E-state index in [1.807, 2.05) is 24.4 Å². The van der Waals surface area contributed by atoms with Crippen molar-refractivity contribution in [3.05, 3.63) is 103 Å². The molecule has 2 nitrogen and oxygen atoms in total. The average Bonchev–Trinajstić information content (AvgIpc) is 3.22. The minimum absolute atomic E-state index is 0.143. The second kappa shape index (κ2) is 7.31. The van der Waals surface area contributed by atoms with Crippen LogP contribution in [0.5, 0.6) is 0 Å². The lowest BCUT2D eigenvalue weighted by Crippen LogP contribution is -2.10. The van der Waals surface area contributed by atoms with E-state index in [-0.39, 0.29) is 5.41 Å². The average molecular weight is 428 g/mol. The summed E-state index contributed by atoms with van der Waals surface area (Å²) in [7, 11) is 0. The number of pyridine rings is 1. The maximum absolute atomic E-state index is 6.24. The van der Waals surface area contributed by atoms with Crippen molar-refractivity contribution in [2.24, 2.45) is 0 Å². The maximum Gasteiger partial charge on any atom is 0.144 e. The van der Waals surface area contributed by atoms with Crippen LogP contribution in [0.3, 0.4) is 0 Å². The van der Waals surface area contributed by atoms with E-state index in [0.717, 1.165) is 38.8 Å². The zero-order valence-corrected chi connectivity index (χ0v) is 19.1. The molecule has 0 unspecified atom stereocenters. The van der Waals surface area contributed by atoms with Gasteiger partial charge in [-0.25, -0.2) is 0 Å². The molecule has 33 heavy (non-hydrogen) atoms. The fourth-order valence-corrected chi connectivity index (χ4v) is 4.60. The molecular formula is C31H25NO. The van der Waals surface area contributed by atoms with Crippen molar-refractivity contribution in [2.75, 3.05) is 0 Å². The molecule has 0 atom stereocenters. The summed E-state index contributed by atoms with van der Waals surface area (Å²) in [5.41, 5.74) is 7.55. The molecule has 0 aliphatic rings. The first kappa shape index (κ1) is 19.8. The summed E-state index contributed by atoms with van der Waals surface area (Å²) in [4.78, 5) is 4.70. The molecule has 0 saturated heterocycles. The molecular weight excluding hydrogens is 402 g/mol. The number of hydrogen-bond acceptors (Lipinski definition) is 2. The van der Waals surface area contributed by atoms with Crippen molar-refractivity contribution >= 4 is 32.7 Å². The highest BCUT2D eigenvalue weighted by molar-refractivity contribution is 6.09. The molecule has 0 saturated carbocycles. The van der Waals surface area contributed by atoms with Gasteiger partial charge in [0.25, 0.3) is 0 Å². The van der Waals surface area contributed by atoms with E-state index in [2.05, 4.69) is 93.6 Å². The molecule has 0 spiro atoms. The van der Waals surface area contributed by atoms with Crippen molar-refractivity contribution in [1.82, 2.24) is 4.98 Å². The third-order valence-electron chi connectivity index (χ3n) is 6.48. The number of benzene rings is 4. The van der Waals surface area contributed by atoms with Gasteiger partial charge in [-0.1, -0.05) is 81.4 Å². The second-order valence-corrected chi connectivity index (χ2v) is 9.74. The Balaban J connectivity index is 1.46. The van der Waals surface area contributed by atoms with Gasteiger partial charge in [-0.05, 0) is 63.2 Å². The van der Waals surface area contributed by atoms with E-state index in [4.69, 9.17) is 9.40 Å². The van der Waals surface area contributed by atoms with E-state index in [0.29, 0.717) is 0 Å². The van der Waals surface area contributed by atoms with Gasteiger partial charge in [0, 0.05) is 22.5 Å². The highest BCUT2D eigenvalue weighted by Gasteiger charge is 2.15. The number of nitrogens with zero attached hydrogens (tertiary/aromatic N) is 1. The molecule has 2 heteroatoms. The first-order valence-corrected chi connectivity index (χ1v) is 11.4. The fraction of sp³-hybridized carbons (Fsp3) is 0.129. The van der Waals surface area contributed by atoms with Gasteiger partial charge >= 0.3 is 0 Å². The molecule has 0 fully saturated rings. The molecule has 0 aliphatic heterocycles. The minimum Gasteiger partial charge on any atom is -0.455 e. The van der Waals surface area contributed by atoms with E-state index >= 15 is 0 Å². The normalized spacial score (nSPS) is 12.1. The van der Waals surface area contributed by atoms with Crippen molar-refractivity contribution in [3.63, 3.8) is 0 Å². The summed E-state index contributed by atoms with van der Waals surface area (Å²) in [5.74, 6) is 0. The van der Waals surface area contributed by atoms with Crippen LogP contribution in [0.25, 0.3) is 55.1 Å². The zero-order valence-electron chi connectivity index (χ0n) is 19.1. The van der Waals surface area contributed by atoms with Crippen LogP contribution < -0.4 is 0 Å². The Morgan fingerprint density at radius 1 is 0.667 bits per heavy atom. The topological polar surface area (TPSA) is 26.0 Å². The number of furan rings is 1. The van der Waals surface area contributed by atoms with E-state index in [1.165, 1.54) is 21.9 Å². The van der Waals surface area contributed by atoms with E-state index in [1.54, 1.807) is 0 Å². The lowest BCUT2D eigenvalue weighted by molar-refractivity contribution is 0.591. The highest BCUT2D eigenvalue weighted by atomic mass is 16.3. The summed E-state index contributed by atoms with van der Waals surface area (Å²) in [6, 6.07) is 32.2. The van der Waals surface area contributed by atoms with Crippen LogP contribution >= 0.6 is 0 Å². The van der Waals surface area contributed by atoms with Gasteiger partial charge in [0.2, 0.25) is 0 Å². The van der Waals surface area contributed by atoms with Crippen LogP contribution in [-0.4, -0.2) is 4.98 Å². The SMILES string of the molecule is CC(C)(C)c1ccc2cc(-c3ccnc(-c4cccc5c4oc4ccccc45)c3)ccc2c1. The number of para-hydroxylation sites is 2. The first-order valence-electron chi connectivity index (χ1n) is 11.4. The predicted molar refractivity (Wildman–Crippen MR) is 139 cm³/mol. The van der Waals surface area contributed by atoms with Gasteiger partial charge in [0.15, 0.2) is 0 Å². The predicted octanol–water partition coefficient (Wildman–Crippen LogP) is 8.77. The van der Waals surface area contributed by atoms with Crippen LogP contribution in [0.2, 0.25) is 0 Å². The molecule has 0 bridgehead atoms. The molecule has 160 valence electrons. The zero-order chi connectivity index (χ0) is 22.6. The van der Waals surface area contributed by atoms with Crippen molar-refractivity contribution < 1.29 is 4.42 Å². The van der Waals surface area contributed by atoms with Gasteiger partial charge in [-0.3, -0.25) is 4.98 Å². The number of aromatic nitrogens is 1.